The van der Waals surface area contributed by atoms with Crippen LogP contribution in [0, 0.1) is 11.3 Å². The SMILES string of the molecule is N#C/C(C(=O)NCc1ccccc1)=C(/O)Cl. The first-order chi connectivity index (χ1) is 7.65. The third-order valence-corrected chi connectivity index (χ3v) is 2.03. The average Bonchev–Trinajstić information content (AvgIpc) is 2.28. The molecule has 0 unspecified atom stereocenters. The number of aliphatic hydroxyl groups is 1. The van der Waals surface area contributed by atoms with Gasteiger partial charge in [0.25, 0.3) is 5.91 Å². The second-order valence-corrected chi connectivity index (χ2v) is 3.30. The second kappa shape index (κ2) is 5.79. The number of amides is 1. The Labute approximate surface area is 97.8 Å². The van der Waals surface area contributed by atoms with Crippen LogP contribution < -0.4 is 5.32 Å². The third kappa shape index (κ3) is 3.30. The van der Waals surface area contributed by atoms with Gasteiger partial charge in [0, 0.05) is 6.54 Å². The normalized spacial score (nSPS) is 11.2. The van der Waals surface area contributed by atoms with Crippen molar-refractivity contribution in [2.45, 2.75) is 6.54 Å². The molecule has 0 spiro atoms. The number of nitrogens with one attached hydrogen (secondary N) is 1. The predicted molar refractivity (Wildman–Crippen MR) is 59.4 cm³/mol. The van der Waals surface area contributed by atoms with Crippen LogP contribution in [0.2, 0.25) is 0 Å². The molecule has 1 aromatic carbocycles. The van der Waals surface area contributed by atoms with Gasteiger partial charge in [-0.1, -0.05) is 30.3 Å². The van der Waals surface area contributed by atoms with Crippen LogP contribution in [0.4, 0.5) is 0 Å². The summed E-state index contributed by atoms with van der Waals surface area (Å²) in [4.78, 5) is 11.4. The number of nitriles is 1. The summed E-state index contributed by atoms with van der Waals surface area (Å²) in [7, 11) is 0. The van der Waals surface area contributed by atoms with Crippen LogP contribution in [-0.4, -0.2) is 11.0 Å². The first kappa shape index (κ1) is 12.1. The predicted octanol–water partition coefficient (Wildman–Crippen LogP) is 1.83. The number of benzene rings is 1. The molecule has 0 aliphatic carbocycles. The molecule has 0 fully saturated rings. The molecular formula is C11H9ClN2O2. The zero-order valence-electron chi connectivity index (χ0n) is 8.27. The van der Waals surface area contributed by atoms with Crippen molar-refractivity contribution in [3.63, 3.8) is 0 Å². The van der Waals surface area contributed by atoms with E-state index in [1.165, 1.54) is 6.07 Å². The van der Waals surface area contributed by atoms with Gasteiger partial charge in [-0.25, -0.2) is 0 Å². The first-order valence-corrected chi connectivity index (χ1v) is 4.84. The molecule has 0 heterocycles. The monoisotopic (exact) mass is 236 g/mol. The lowest BCUT2D eigenvalue weighted by Gasteiger charge is -2.03. The quantitative estimate of drug-likeness (QED) is 0.478. The number of carbonyl (C=O) groups is 1. The summed E-state index contributed by atoms with van der Waals surface area (Å²) in [6, 6.07) is 10.7. The fourth-order valence-corrected chi connectivity index (χ4v) is 1.19. The molecule has 1 rings (SSSR count). The Hall–Kier alpha value is -1.99. The van der Waals surface area contributed by atoms with Crippen molar-refractivity contribution in [1.29, 1.82) is 5.26 Å². The summed E-state index contributed by atoms with van der Waals surface area (Å²) < 4.78 is 0. The van der Waals surface area contributed by atoms with Crippen LogP contribution >= 0.6 is 11.6 Å². The maximum atomic E-state index is 11.4. The number of carbonyl (C=O) groups excluding carboxylic acids is 1. The molecule has 0 aliphatic rings. The topological polar surface area (TPSA) is 73.1 Å². The number of halogens is 1. The summed E-state index contributed by atoms with van der Waals surface area (Å²) in [5.41, 5.74) is 0.403. The Morgan fingerprint density at radius 2 is 2.06 bits per heavy atom. The van der Waals surface area contributed by atoms with Gasteiger partial charge in [0.15, 0.2) is 5.57 Å². The molecule has 0 aliphatic heterocycles. The molecule has 0 saturated carbocycles. The van der Waals surface area contributed by atoms with Crippen molar-refractivity contribution >= 4 is 17.5 Å². The minimum Gasteiger partial charge on any atom is -0.497 e. The fourth-order valence-electron chi connectivity index (χ4n) is 1.06. The Kier molecular flexibility index (Phi) is 4.37. The Balaban J connectivity index is 2.61. The highest BCUT2D eigenvalue weighted by Gasteiger charge is 2.12. The summed E-state index contributed by atoms with van der Waals surface area (Å²) in [6.45, 7) is 0.273. The molecule has 0 aromatic heterocycles. The summed E-state index contributed by atoms with van der Waals surface area (Å²) in [6.07, 6.45) is 0. The Morgan fingerprint density at radius 3 is 2.56 bits per heavy atom. The zero-order valence-corrected chi connectivity index (χ0v) is 9.03. The standard InChI is InChI=1S/C11H9ClN2O2/c12-10(15)9(6-13)11(16)14-7-8-4-2-1-3-5-8/h1-5,15H,7H2,(H,14,16)/b10-9-. The number of aliphatic hydroxyl groups excluding tert-OH is 1. The average molecular weight is 237 g/mol. The molecule has 82 valence electrons. The maximum absolute atomic E-state index is 11.4. The van der Waals surface area contributed by atoms with Crippen molar-refractivity contribution in [2.24, 2.45) is 0 Å². The Morgan fingerprint density at radius 1 is 1.44 bits per heavy atom. The first-order valence-electron chi connectivity index (χ1n) is 4.46. The van der Waals surface area contributed by atoms with Gasteiger partial charge in [-0.15, -0.1) is 0 Å². The van der Waals surface area contributed by atoms with Gasteiger partial charge in [0.1, 0.15) is 6.07 Å². The lowest BCUT2D eigenvalue weighted by molar-refractivity contribution is -0.117. The van der Waals surface area contributed by atoms with E-state index in [1.807, 2.05) is 30.3 Å². The second-order valence-electron chi connectivity index (χ2n) is 2.95. The van der Waals surface area contributed by atoms with Gasteiger partial charge in [-0.3, -0.25) is 4.79 Å². The largest absolute Gasteiger partial charge is 0.497 e. The number of rotatable bonds is 3. The molecule has 5 heteroatoms. The van der Waals surface area contributed by atoms with Crippen molar-refractivity contribution < 1.29 is 9.90 Å². The van der Waals surface area contributed by atoms with Gasteiger partial charge in [-0.2, -0.15) is 5.26 Å². The van der Waals surface area contributed by atoms with E-state index in [9.17, 15) is 4.79 Å². The van der Waals surface area contributed by atoms with Crippen molar-refractivity contribution in [3.05, 3.63) is 46.7 Å². The van der Waals surface area contributed by atoms with E-state index in [1.54, 1.807) is 0 Å². The molecule has 1 aromatic rings. The Bertz CT molecular complexity index is 445. The molecule has 16 heavy (non-hydrogen) atoms. The van der Waals surface area contributed by atoms with Crippen LogP contribution in [0.15, 0.2) is 41.1 Å². The van der Waals surface area contributed by atoms with Crippen LogP contribution in [-0.2, 0) is 11.3 Å². The minimum absolute atomic E-state index is 0.273. The van der Waals surface area contributed by atoms with Gasteiger partial charge in [0.2, 0.25) is 5.22 Å². The molecule has 4 nitrogen and oxygen atoms in total. The van der Waals surface area contributed by atoms with Gasteiger partial charge < -0.3 is 10.4 Å². The van der Waals surface area contributed by atoms with E-state index in [-0.39, 0.29) is 6.54 Å². The van der Waals surface area contributed by atoms with Crippen molar-refractivity contribution in [3.8, 4) is 6.07 Å². The lowest BCUT2D eigenvalue weighted by atomic mass is 10.2. The van der Waals surface area contributed by atoms with E-state index in [4.69, 9.17) is 22.0 Å². The zero-order chi connectivity index (χ0) is 12.0. The molecule has 2 N–H and O–H groups in total. The number of nitrogens with zero attached hydrogens (tertiary/aromatic N) is 1. The highest BCUT2D eigenvalue weighted by atomic mass is 35.5. The van der Waals surface area contributed by atoms with Gasteiger partial charge in [0.05, 0.1) is 0 Å². The third-order valence-electron chi connectivity index (χ3n) is 1.84. The van der Waals surface area contributed by atoms with Crippen LogP contribution in [0.3, 0.4) is 0 Å². The number of hydrogen-bond acceptors (Lipinski definition) is 3. The van der Waals surface area contributed by atoms with Crippen molar-refractivity contribution in [2.75, 3.05) is 0 Å². The molecule has 0 radical (unpaired) electrons. The highest BCUT2D eigenvalue weighted by Crippen LogP contribution is 2.05. The van der Waals surface area contributed by atoms with E-state index in [2.05, 4.69) is 5.32 Å². The highest BCUT2D eigenvalue weighted by molar-refractivity contribution is 6.30. The maximum Gasteiger partial charge on any atom is 0.267 e. The van der Waals surface area contributed by atoms with Gasteiger partial charge in [-0.05, 0) is 17.2 Å². The van der Waals surface area contributed by atoms with Crippen molar-refractivity contribution in [1.82, 2.24) is 5.32 Å². The van der Waals surface area contributed by atoms with Crippen LogP contribution in [0.5, 0.6) is 0 Å². The van der Waals surface area contributed by atoms with Crippen LogP contribution in [0.1, 0.15) is 5.56 Å². The molecular weight excluding hydrogens is 228 g/mol. The van der Waals surface area contributed by atoms with E-state index in [0.717, 1.165) is 5.56 Å². The van der Waals surface area contributed by atoms with Gasteiger partial charge >= 0.3 is 0 Å². The number of hydrogen-bond donors (Lipinski definition) is 2. The molecule has 0 atom stereocenters. The van der Waals surface area contributed by atoms with E-state index in [0.29, 0.717) is 0 Å². The van der Waals surface area contributed by atoms with E-state index < -0.39 is 16.7 Å². The summed E-state index contributed by atoms with van der Waals surface area (Å²) in [5, 5.41) is 19.1. The van der Waals surface area contributed by atoms with E-state index >= 15 is 0 Å². The smallest absolute Gasteiger partial charge is 0.267 e. The lowest BCUT2D eigenvalue weighted by Crippen LogP contribution is -2.24. The summed E-state index contributed by atoms with van der Waals surface area (Å²) in [5.74, 6) is -0.696. The van der Waals surface area contributed by atoms with Crippen LogP contribution in [0.25, 0.3) is 0 Å². The molecule has 1 amide bonds. The molecule has 0 saturated heterocycles. The molecule has 0 bridgehead atoms. The fraction of sp³-hybridized carbons (Fsp3) is 0.0909. The minimum atomic E-state index is -0.798. The summed E-state index contributed by atoms with van der Waals surface area (Å²) >= 11 is 5.17.